The summed E-state index contributed by atoms with van der Waals surface area (Å²) in [7, 11) is 3.66. The Balaban J connectivity index is 4.67. The Kier molecular flexibility index (Phi) is 6.34. The number of rotatable bonds is 6. The molecule has 0 heterocycles. The monoisotopic (exact) mass is 226 g/mol. The number of hydrogen-bond donors (Lipinski definition) is 1. The molecule has 0 saturated carbocycles. The number of nitrogens with one attached hydrogen (secondary N) is 1. The van der Waals surface area contributed by atoms with E-state index in [-0.39, 0.29) is 18.0 Å². The van der Waals surface area contributed by atoms with E-state index in [1.54, 1.807) is 7.05 Å². The zero-order chi connectivity index (χ0) is 12.9. The summed E-state index contributed by atoms with van der Waals surface area (Å²) in [6.07, 6.45) is 0.966. The van der Waals surface area contributed by atoms with Crippen LogP contribution in [0.1, 0.15) is 34.1 Å². The second-order valence-corrected chi connectivity index (χ2v) is 4.95. The van der Waals surface area contributed by atoms with Crippen molar-refractivity contribution >= 4 is 5.91 Å². The van der Waals surface area contributed by atoms with Crippen LogP contribution in [0, 0.1) is 5.92 Å². The lowest BCUT2D eigenvalue weighted by Gasteiger charge is -2.32. The Morgan fingerprint density at radius 3 is 2.19 bits per heavy atom. The first-order valence-corrected chi connectivity index (χ1v) is 5.90. The van der Waals surface area contributed by atoms with Gasteiger partial charge in [0.2, 0.25) is 5.91 Å². The third kappa shape index (κ3) is 4.35. The third-order valence-corrected chi connectivity index (χ3v) is 2.88. The van der Waals surface area contributed by atoms with Gasteiger partial charge in [0, 0.05) is 7.05 Å². The molecular formula is C13H26N2O. The molecule has 0 saturated heterocycles. The van der Waals surface area contributed by atoms with Gasteiger partial charge in [-0.15, -0.1) is 0 Å². The molecule has 0 aromatic carbocycles. The predicted octanol–water partition coefficient (Wildman–Crippen LogP) is 2.04. The van der Waals surface area contributed by atoms with Crippen LogP contribution in [0.4, 0.5) is 0 Å². The molecule has 0 fully saturated rings. The normalized spacial score (nSPS) is 14.7. The summed E-state index contributed by atoms with van der Waals surface area (Å²) in [4.78, 5) is 13.8. The van der Waals surface area contributed by atoms with Gasteiger partial charge in [-0.1, -0.05) is 26.0 Å². The molecule has 2 atom stereocenters. The van der Waals surface area contributed by atoms with Crippen molar-refractivity contribution in [2.75, 3.05) is 14.1 Å². The summed E-state index contributed by atoms with van der Waals surface area (Å²) >= 11 is 0. The van der Waals surface area contributed by atoms with Crippen LogP contribution in [0.25, 0.3) is 0 Å². The number of carbonyl (C=O) groups is 1. The highest BCUT2D eigenvalue weighted by molar-refractivity contribution is 5.81. The third-order valence-electron chi connectivity index (χ3n) is 2.88. The molecule has 0 aromatic heterocycles. The molecule has 0 rings (SSSR count). The molecular weight excluding hydrogens is 200 g/mol. The Hall–Kier alpha value is -0.830. The van der Waals surface area contributed by atoms with Crippen molar-refractivity contribution in [1.82, 2.24) is 10.2 Å². The molecule has 0 radical (unpaired) electrons. The predicted molar refractivity (Wildman–Crippen MR) is 69.3 cm³/mol. The summed E-state index contributed by atoms with van der Waals surface area (Å²) in [5, 5.41) is 2.97. The Morgan fingerprint density at radius 2 is 1.88 bits per heavy atom. The average molecular weight is 226 g/mol. The van der Waals surface area contributed by atoms with Gasteiger partial charge in [0.25, 0.3) is 0 Å². The summed E-state index contributed by atoms with van der Waals surface area (Å²) in [5.41, 5.74) is 1.05. The van der Waals surface area contributed by atoms with E-state index >= 15 is 0 Å². The van der Waals surface area contributed by atoms with Crippen LogP contribution in [-0.2, 0) is 4.79 Å². The summed E-state index contributed by atoms with van der Waals surface area (Å²) in [6.45, 7) is 12.2. The standard InChI is InChI=1S/C13H26N2O/c1-9(2)8-12(10(3)4)15(7)13(16)11(5)14-6/h9,11-12,14H,3,8H2,1-2,4-7H3. The highest BCUT2D eigenvalue weighted by atomic mass is 16.2. The maximum absolute atomic E-state index is 12.0. The van der Waals surface area contributed by atoms with Gasteiger partial charge in [-0.2, -0.15) is 0 Å². The van der Waals surface area contributed by atoms with Crippen LogP contribution in [0.5, 0.6) is 0 Å². The van der Waals surface area contributed by atoms with E-state index in [0.29, 0.717) is 5.92 Å². The molecule has 0 aliphatic carbocycles. The zero-order valence-electron chi connectivity index (χ0n) is 11.5. The molecule has 1 N–H and O–H groups in total. The van der Waals surface area contributed by atoms with Crippen LogP contribution >= 0.6 is 0 Å². The van der Waals surface area contributed by atoms with E-state index in [1.807, 2.05) is 25.8 Å². The molecule has 0 aliphatic rings. The second kappa shape index (κ2) is 6.69. The topological polar surface area (TPSA) is 32.3 Å². The summed E-state index contributed by atoms with van der Waals surface area (Å²) < 4.78 is 0. The van der Waals surface area contributed by atoms with Crippen LogP contribution in [-0.4, -0.2) is 37.0 Å². The van der Waals surface area contributed by atoms with Gasteiger partial charge in [0.05, 0.1) is 12.1 Å². The first kappa shape index (κ1) is 15.2. The van der Waals surface area contributed by atoms with Crippen LogP contribution in [0.2, 0.25) is 0 Å². The van der Waals surface area contributed by atoms with Gasteiger partial charge >= 0.3 is 0 Å². The van der Waals surface area contributed by atoms with Crippen LogP contribution in [0.15, 0.2) is 12.2 Å². The summed E-state index contributed by atoms with van der Waals surface area (Å²) in [6, 6.07) is 0.00214. The van der Waals surface area contributed by atoms with Crippen molar-refractivity contribution in [2.24, 2.45) is 5.92 Å². The number of hydrogen-bond acceptors (Lipinski definition) is 2. The smallest absolute Gasteiger partial charge is 0.239 e. The number of amides is 1. The molecule has 3 nitrogen and oxygen atoms in total. The summed E-state index contributed by atoms with van der Waals surface area (Å²) in [5.74, 6) is 0.679. The minimum Gasteiger partial charge on any atom is -0.338 e. The van der Waals surface area contributed by atoms with Gasteiger partial charge in [-0.3, -0.25) is 4.79 Å². The molecule has 0 spiro atoms. The van der Waals surface area contributed by atoms with Gasteiger partial charge < -0.3 is 10.2 Å². The Labute approximate surface area is 99.9 Å². The van der Waals surface area contributed by atoms with E-state index in [0.717, 1.165) is 12.0 Å². The van der Waals surface area contributed by atoms with Crippen molar-refractivity contribution in [3.8, 4) is 0 Å². The molecule has 0 aromatic rings. The highest BCUT2D eigenvalue weighted by Crippen LogP contribution is 2.17. The SMILES string of the molecule is C=C(C)C(CC(C)C)N(C)C(=O)C(C)NC. The Morgan fingerprint density at radius 1 is 1.38 bits per heavy atom. The molecule has 2 unspecified atom stereocenters. The average Bonchev–Trinajstić information content (AvgIpc) is 2.22. The molecule has 94 valence electrons. The second-order valence-electron chi connectivity index (χ2n) is 4.95. The maximum atomic E-state index is 12.0. The lowest BCUT2D eigenvalue weighted by atomic mass is 9.97. The largest absolute Gasteiger partial charge is 0.338 e. The fourth-order valence-corrected chi connectivity index (χ4v) is 1.72. The first-order valence-electron chi connectivity index (χ1n) is 5.90. The molecule has 0 aliphatic heterocycles. The van der Waals surface area contributed by atoms with E-state index < -0.39 is 0 Å². The molecule has 0 bridgehead atoms. The van der Waals surface area contributed by atoms with Crippen LogP contribution < -0.4 is 5.32 Å². The van der Waals surface area contributed by atoms with Gasteiger partial charge in [0.1, 0.15) is 0 Å². The van der Waals surface area contributed by atoms with Crippen molar-refractivity contribution in [1.29, 1.82) is 0 Å². The van der Waals surface area contributed by atoms with Gasteiger partial charge in [-0.25, -0.2) is 0 Å². The van der Waals surface area contributed by atoms with Gasteiger partial charge in [0.15, 0.2) is 0 Å². The lowest BCUT2D eigenvalue weighted by Crippen LogP contribution is -2.47. The fourth-order valence-electron chi connectivity index (χ4n) is 1.72. The van der Waals surface area contributed by atoms with Crippen LogP contribution in [0.3, 0.4) is 0 Å². The van der Waals surface area contributed by atoms with Crippen molar-refractivity contribution in [3.63, 3.8) is 0 Å². The fraction of sp³-hybridized carbons (Fsp3) is 0.769. The van der Waals surface area contributed by atoms with Crippen molar-refractivity contribution in [3.05, 3.63) is 12.2 Å². The minimum absolute atomic E-state index is 0.121. The minimum atomic E-state index is -0.140. The highest BCUT2D eigenvalue weighted by Gasteiger charge is 2.24. The van der Waals surface area contributed by atoms with Crippen molar-refractivity contribution in [2.45, 2.75) is 46.2 Å². The van der Waals surface area contributed by atoms with Crippen molar-refractivity contribution < 1.29 is 4.79 Å². The van der Waals surface area contributed by atoms with Gasteiger partial charge in [-0.05, 0) is 33.2 Å². The Bertz CT molecular complexity index is 248. The number of nitrogens with zero attached hydrogens (tertiary/aromatic N) is 1. The van der Waals surface area contributed by atoms with E-state index in [9.17, 15) is 4.79 Å². The van der Waals surface area contributed by atoms with E-state index in [1.165, 1.54) is 0 Å². The zero-order valence-corrected chi connectivity index (χ0v) is 11.5. The quantitative estimate of drug-likeness (QED) is 0.703. The molecule has 16 heavy (non-hydrogen) atoms. The number of likely N-dealkylation sites (N-methyl/N-ethyl adjacent to an activating group) is 2. The molecule has 1 amide bonds. The lowest BCUT2D eigenvalue weighted by molar-refractivity contribution is -0.133. The first-order chi connectivity index (χ1) is 7.31. The maximum Gasteiger partial charge on any atom is 0.239 e. The number of carbonyl (C=O) groups excluding carboxylic acids is 1. The van der Waals surface area contributed by atoms with E-state index in [4.69, 9.17) is 0 Å². The van der Waals surface area contributed by atoms with E-state index in [2.05, 4.69) is 25.7 Å². The molecule has 3 heteroatoms.